The van der Waals surface area contributed by atoms with Gasteiger partial charge in [-0.05, 0) is 30.0 Å². The summed E-state index contributed by atoms with van der Waals surface area (Å²) in [4.78, 5) is 4.53. The lowest BCUT2D eigenvalue weighted by atomic mass is 10.1. The Morgan fingerprint density at radius 3 is 2.85 bits per heavy atom. The Balaban J connectivity index is 1.80. The fourth-order valence-electron chi connectivity index (χ4n) is 2.86. The number of nitrogens with one attached hydrogen (secondary N) is 1. The van der Waals surface area contributed by atoms with Gasteiger partial charge < -0.3 is 19.9 Å². The smallest absolute Gasteiger partial charge is 0.247 e. The molecule has 1 aromatic heterocycles. The highest BCUT2D eigenvalue weighted by Gasteiger charge is 2.26. The summed E-state index contributed by atoms with van der Waals surface area (Å²) in [5, 5.41) is 22.6. The van der Waals surface area contributed by atoms with E-state index in [1.54, 1.807) is 12.1 Å². The fourth-order valence-corrected chi connectivity index (χ4v) is 3.36. The topological polar surface area (TPSA) is 89.4 Å². The molecule has 1 aliphatic heterocycles. The van der Waals surface area contributed by atoms with Crippen LogP contribution in [0.25, 0.3) is 11.3 Å². The molecule has 7 nitrogen and oxygen atoms in total. The van der Waals surface area contributed by atoms with E-state index >= 15 is 0 Å². The molecule has 1 aliphatic rings. The zero-order valence-electron chi connectivity index (χ0n) is 14.8. The Morgan fingerprint density at radius 2 is 2.07 bits per heavy atom. The molecule has 0 unspecified atom stereocenters. The van der Waals surface area contributed by atoms with E-state index in [1.165, 1.54) is 18.9 Å². The average molecular weight is 382 g/mol. The molecule has 2 aromatic carbocycles. The Bertz CT molecular complexity index is 983. The highest BCUT2D eigenvalue weighted by atomic mass is 32.2. The minimum atomic E-state index is -0.555. The SMILES string of the molecule is CCSc1nnc2c(n1)O[C@@H](c1ccc(OC)c(O)c1)Nc1ccccc1-2. The van der Waals surface area contributed by atoms with Crippen molar-refractivity contribution in [2.45, 2.75) is 18.3 Å². The summed E-state index contributed by atoms with van der Waals surface area (Å²) < 4.78 is 11.3. The maximum atomic E-state index is 10.1. The molecule has 0 radical (unpaired) electrons. The summed E-state index contributed by atoms with van der Waals surface area (Å²) in [5.41, 5.74) is 3.03. The monoisotopic (exact) mass is 382 g/mol. The highest BCUT2D eigenvalue weighted by Crippen LogP contribution is 2.40. The molecular formula is C19H18N4O3S. The number of hydrogen-bond acceptors (Lipinski definition) is 8. The lowest BCUT2D eigenvalue weighted by Gasteiger charge is -2.20. The highest BCUT2D eigenvalue weighted by molar-refractivity contribution is 7.99. The van der Waals surface area contributed by atoms with Crippen LogP contribution >= 0.6 is 11.8 Å². The van der Waals surface area contributed by atoms with E-state index in [0.29, 0.717) is 22.5 Å². The molecule has 0 bridgehead atoms. The maximum absolute atomic E-state index is 10.1. The van der Waals surface area contributed by atoms with E-state index in [-0.39, 0.29) is 5.75 Å². The number of nitrogens with zero attached hydrogens (tertiary/aromatic N) is 3. The molecule has 0 aliphatic carbocycles. The molecule has 4 rings (SSSR count). The van der Waals surface area contributed by atoms with Crippen molar-refractivity contribution in [3.05, 3.63) is 48.0 Å². The molecule has 0 saturated carbocycles. The number of methoxy groups -OCH3 is 1. The minimum Gasteiger partial charge on any atom is -0.504 e. The Hall–Kier alpha value is -3.00. The molecule has 8 heteroatoms. The van der Waals surface area contributed by atoms with Crippen LogP contribution in [0.3, 0.4) is 0 Å². The third-order valence-corrected chi connectivity index (χ3v) is 4.83. The molecule has 0 saturated heterocycles. The van der Waals surface area contributed by atoms with Gasteiger partial charge in [0.15, 0.2) is 23.4 Å². The average Bonchev–Trinajstić information content (AvgIpc) is 2.84. The standard InChI is InChI=1S/C19H18N4O3S/c1-3-27-19-21-18-16(22-23-19)12-6-4-5-7-13(12)20-17(26-18)11-8-9-15(25-2)14(24)10-11/h4-10,17,20,24H,3H2,1-2H3/t17-/m0/s1. The van der Waals surface area contributed by atoms with Gasteiger partial charge in [-0.3, -0.25) is 0 Å². The number of anilines is 1. The van der Waals surface area contributed by atoms with E-state index in [1.807, 2.05) is 37.3 Å². The molecule has 3 aromatic rings. The summed E-state index contributed by atoms with van der Waals surface area (Å²) in [6.45, 7) is 2.03. The van der Waals surface area contributed by atoms with Crippen LogP contribution in [0, 0.1) is 0 Å². The first-order chi connectivity index (χ1) is 13.2. The van der Waals surface area contributed by atoms with Crippen LogP contribution in [0.4, 0.5) is 5.69 Å². The number of phenolic OH excluding ortho intramolecular Hbond substituents is 1. The van der Waals surface area contributed by atoms with E-state index in [2.05, 4.69) is 20.5 Å². The zero-order chi connectivity index (χ0) is 18.8. The van der Waals surface area contributed by atoms with Gasteiger partial charge in [-0.25, -0.2) is 0 Å². The zero-order valence-corrected chi connectivity index (χ0v) is 15.7. The van der Waals surface area contributed by atoms with E-state index in [4.69, 9.17) is 9.47 Å². The quantitative estimate of drug-likeness (QED) is 0.658. The summed E-state index contributed by atoms with van der Waals surface area (Å²) in [6.07, 6.45) is -0.555. The number of ether oxygens (including phenoxy) is 2. The largest absolute Gasteiger partial charge is 0.504 e. The van der Waals surface area contributed by atoms with Crippen molar-refractivity contribution < 1.29 is 14.6 Å². The molecule has 2 heterocycles. The summed E-state index contributed by atoms with van der Waals surface area (Å²) >= 11 is 1.50. The van der Waals surface area contributed by atoms with Crippen LogP contribution in [0.1, 0.15) is 18.7 Å². The molecule has 0 fully saturated rings. The third kappa shape index (κ3) is 3.35. The Morgan fingerprint density at radius 1 is 1.22 bits per heavy atom. The molecule has 2 N–H and O–H groups in total. The number of hydrogen-bond donors (Lipinski definition) is 2. The molecule has 0 spiro atoms. The van der Waals surface area contributed by atoms with Gasteiger partial charge in [-0.1, -0.05) is 36.9 Å². The van der Waals surface area contributed by atoms with E-state index in [9.17, 15) is 5.11 Å². The van der Waals surface area contributed by atoms with Crippen molar-refractivity contribution in [3.8, 4) is 28.6 Å². The first kappa shape index (κ1) is 17.4. The van der Waals surface area contributed by atoms with Crippen molar-refractivity contribution in [1.29, 1.82) is 0 Å². The van der Waals surface area contributed by atoms with Gasteiger partial charge >= 0.3 is 0 Å². The van der Waals surface area contributed by atoms with Crippen LogP contribution in [0.2, 0.25) is 0 Å². The van der Waals surface area contributed by atoms with Crippen molar-refractivity contribution in [3.63, 3.8) is 0 Å². The number of aromatic nitrogens is 3. The van der Waals surface area contributed by atoms with Crippen molar-refractivity contribution in [2.24, 2.45) is 0 Å². The lowest BCUT2D eigenvalue weighted by molar-refractivity contribution is 0.224. The molecule has 27 heavy (non-hydrogen) atoms. The van der Waals surface area contributed by atoms with Crippen molar-refractivity contribution in [2.75, 3.05) is 18.2 Å². The van der Waals surface area contributed by atoms with Crippen molar-refractivity contribution >= 4 is 17.4 Å². The van der Waals surface area contributed by atoms with Gasteiger partial charge in [-0.15, -0.1) is 10.2 Å². The van der Waals surface area contributed by atoms with E-state index in [0.717, 1.165) is 22.6 Å². The summed E-state index contributed by atoms with van der Waals surface area (Å²) in [7, 11) is 1.51. The third-order valence-electron chi connectivity index (χ3n) is 4.11. The molecular weight excluding hydrogens is 364 g/mol. The second-order valence-corrected chi connectivity index (χ2v) is 7.03. The van der Waals surface area contributed by atoms with Crippen LogP contribution < -0.4 is 14.8 Å². The molecule has 1 atom stereocenters. The first-order valence-corrected chi connectivity index (χ1v) is 9.45. The number of fused-ring (bicyclic) bond motifs is 3. The maximum Gasteiger partial charge on any atom is 0.247 e. The van der Waals surface area contributed by atoms with Gasteiger partial charge in [-0.2, -0.15) is 4.98 Å². The predicted molar refractivity (Wildman–Crippen MR) is 103 cm³/mol. The second kappa shape index (κ2) is 7.32. The fraction of sp³-hybridized carbons (Fsp3) is 0.211. The van der Waals surface area contributed by atoms with Crippen LogP contribution in [0.5, 0.6) is 17.4 Å². The number of aromatic hydroxyl groups is 1. The van der Waals surface area contributed by atoms with Gasteiger partial charge in [0.2, 0.25) is 11.0 Å². The van der Waals surface area contributed by atoms with Crippen LogP contribution in [-0.4, -0.2) is 33.2 Å². The Labute approximate surface area is 160 Å². The van der Waals surface area contributed by atoms with Crippen LogP contribution in [0.15, 0.2) is 47.6 Å². The Kier molecular flexibility index (Phi) is 4.72. The number of thioether (sulfide) groups is 1. The first-order valence-electron chi connectivity index (χ1n) is 8.46. The van der Waals surface area contributed by atoms with Crippen LogP contribution in [-0.2, 0) is 0 Å². The molecule has 138 valence electrons. The van der Waals surface area contributed by atoms with Crippen molar-refractivity contribution in [1.82, 2.24) is 15.2 Å². The van der Waals surface area contributed by atoms with Gasteiger partial charge in [0.1, 0.15) is 0 Å². The van der Waals surface area contributed by atoms with Gasteiger partial charge in [0.25, 0.3) is 0 Å². The summed E-state index contributed by atoms with van der Waals surface area (Å²) in [5.74, 6) is 1.68. The normalized spacial score (nSPS) is 15.0. The van der Waals surface area contributed by atoms with Gasteiger partial charge in [0.05, 0.1) is 7.11 Å². The van der Waals surface area contributed by atoms with Gasteiger partial charge in [0, 0.05) is 16.8 Å². The number of para-hydroxylation sites is 1. The van der Waals surface area contributed by atoms with E-state index < -0.39 is 6.23 Å². The number of benzene rings is 2. The number of rotatable bonds is 4. The second-order valence-electron chi connectivity index (χ2n) is 5.80. The number of phenols is 1. The molecule has 0 amide bonds. The lowest BCUT2D eigenvalue weighted by Crippen LogP contribution is -2.17. The summed E-state index contributed by atoms with van der Waals surface area (Å²) in [6, 6.07) is 12.9. The predicted octanol–water partition coefficient (Wildman–Crippen LogP) is 3.87. The minimum absolute atomic E-state index is 0.0428.